The average Bonchev–Trinajstić information content (AvgIpc) is 2.71. The van der Waals surface area contributed by atoms with Gasteiger partial charge >= 0.3 is 0 Å². The zero-order valence-corrected chi connectivity index (χ0v) is 7.54. The Balaban J connectivity index is 2.10. The molecule has 0 amide bonds. The van der Waals surface area contributed by atoms with Crippen molar-refractivity contribution in [3.63, 3.8) is 0 Å². The molecule has 0 aromatic carbocycles. The van der Waals surface area contributed by atoms with Crippen molar-refractivity contribution in [2.24, 2.45) is 0 Å². The zero-order valence-electron chi connectivity index (χ0n) is 5.96. The van der Waals surface area contributed by atoms with E-state index in [0.29, 0.717) is 6.10 Å². The minimum atomic E-state index is 0.428. The second kappa shape index (κ2) is 2.81. The highest BCUT2D eigenvalue weighted by Gasteiger charge is 2.23. The van der Waals surface area contributed by atoms with Crippen LogP contribution in [0.3, 0.4) is 0 Å². The number of pyridine rings is 1. The van der Waals surface area contributed by atoms with E-state index >= 15 is 0 Å². The lowest BCUT2D eigenvalue weighted by Gasteiger charge is -2.01. The Morgan fingerprint density at radius 2 is 2.27 bits per heavy atom. The first-order valence-corrected chi connectivity index (χ1v) is 4.43. The fourth-order valence-corrected chi connectivity index (χ4v) is 1.14. The van der Waals surface area contributed by atoms with Gasteiger partial charge in [-0.2, -0.15) is 0 Å². The molecule has 0 saturated heterocycles. The van der Waals surface area contributed by atoms with E-state index in [1.165, 1.54) is 12.8 Å². The van der Waals surface area contributed by atoms with Gasteiger partial charge in [0.15, 0.2) is 0 Å². The molecule has 11 heavy (non-hydrogen) atoms. The van der Waals surface area contributed by atoms with Gasteiger partial charge in [-0.1, -0.05) is 6.07 Å². The van der Waals surface area contributed by atoms with Crippen LogP contribution in [-0.4, -0.2) is 11.1 Å². The molecule has 1 aromatic heterocycles. The standard InChI is InChI=1S/C8H8BrNO/c9-7-2-1-3-8(10-7)11-6-4-5-6/h1-3,6H,4-5H2. The Labute approximate surface area is 73.7 Å². The predicted molar refractivity (Wildman–Crippen MR) is 45.6 cm³/mol. The molecule has 58 valence electrons. The first-order chi connectivity index (χ1) is 5.34. The zero-order chi connectivity index (χ0) is 7.68. The highest BCUT2D eigenvalue weighted by atomic mass is 79.9. The van der Waals surface area contributed by atoms with E-state index in [0.717, 1.165) is 10.5 Å². The van der Waals surface area contributed by atoms with Gasteiger partial charge in [0.05, 0.1) is 0 Å². The number of rotatable bonds is 2. The lowest BCUT2D eigenvalue weighted by Crippen LogP contribution is -1.97. The minimum Gasteiger partial charge on any atom is -0.474 e. The second-order valence-electron chi connectivity index (χ2n) is 2.62. The third-order valence-corrected chi connectivity index (χ3v) is 1.94. The van der Waals surface area contributed by atoms with E-state index < -0.39 is 0 Å². The fourth-order valence-electron chi connectivity index (χ4n) is 0.812. The summed E-state index contributed by atoms with van der Waals surface area (Å²) in [6.07, 6.45) is 2.78. The van der Waals surface area contributed by atoms with Crippen molar-refractivity contribution in [3.8, 4) is 5.88 Å². The first-order valence-electron chi connectivity index (χ1n) is 3.64. The molecule has 0 N–H and O–H groups in total. The molecule has 0 bridgehead atoms. The lowest BCUT2D eigenvalue weighted by molar-refractivity contribution is 0.290. The van der Waals surface area contributed by atoms with Gasteiger partial charge in [-0.3, -0.25) is 0 Å². The van der Waals surface area contributed by atoms with Crippen LogP contribution >= 0.6 is 15.9 Å². The van der Waals surface area contributed by atoms with Crippen molar-refractivity contribution in [1.29, 1.82) is 0 Å². The molecule has 0 radical (unpaired) electrons. The van der Waals surface area contributed by atoms with Gasteiger partial charge in [0.1, 0.15) is 10.7 Å². The molecule has 0 aliphatic heterocycles. The third-order valence-electron chi connectivity index (χ3n) is 1.50. The molecule has 0 unspecified atom stereocenters. The van der Waals surface area contributed by atoms with E-state index in [4.69, 9.17) is 4.74 Å². The van der Waals surface area contributed by atoms with Gasteiger partial charge in [0.25, 0.3) is 0 Å². The summed E-state index contributed by atoms with van der Waals surface area (Å²) in [6, 6.07) is 5.69. The normalized spacial score (nSPS) is 16.5. The van der Waals surface area contributed by atoms with E-state index in [1.54, 1.807) is 0 Å². The summed E-state index contributed by atoms with van der Waals surface area (Å²) < 4.78 is 6.29. The largest absolute Gasteiger partial charge is 0.474 e. The van der Waals surface area contributed by atoms with E-state index in [1.807, 2.05) is 18.2 Å². The van der Waals surface area contributed by atoms with Crippen LogP contribution in [0, 0.1) is 0 Å². The second-order valence-corrected chi connectivity index (χ2v) is 3.43. The van der Waals surface area contributed by atoms with Crippen LogP contribution in [0.2, 0.25) is 0 Å². The maximum Gasteiger partial charge on any atom is 0.214 e. The Hall–Kier alpha value is -0.570. The Morgan fingerprint density at radius 3 is 2.91 bits per heavy atom. The predicted octanol–water partition coefficient (Wildman–Crippen LogP) is 2.39. The Bertz CT molecular complexity index is 260. The highest BCUT2D eigenvalue weighted by Crippen LogP contribution is 2.25. The summed E-state index contributed by atoms with van der Waals surface area (Å²) in [6.45, 7) is 0. The molecule has 2 nitrogen and oxygen atoms in total. The van der Waals surface area contributed by atoms with Crippen LogP contribution < -0.4 is 4.74 Å². The molecule has 1 saturated carbocycles. The van der Waals surface area contributed by atoms with Crippen molar-refractivity contribution >= 4 is 15.9 Å². The van der Waals surface area contributed by atoms with Crippen LogP contribution in [0.1, 0.15) is 12.8 Å². The minimum absolute atomic E-state index is 0.428. The molecular formula is C8H8BrNO. The molecule has 1 aliphatic rings. The van der Waals surface area contributed by atoms with Gasteiger partial charge in [-0.05, 0) is 34.8 Å². The molecule has 1 fully saturated rings. The average molecular weight is 214 g/mol. The number of hydrogen-bond acceptors (Lipinski definition) is 2. The van der Waals surface area contributed by atoms with Crippen LogP contribution in [0.25, 0.3) is 0 Å². The topological polar surface area (TPSA) is 22.1 Å². The SMILES string of the molecule is Brc1cccc(OC2CC2)n1. The maximum atomic E-state index is 5.46. The smallest absolute Gasteiger partial charge is 0.214 e. The van der Waals surface area contributed by atoms with Crippen LogP contribution in [0.4, 0.5) is 0 Å². The summed E-state index contributed by atoms with van der Waals surface area (Å²) in [5, 5.41) is 0. The lowest BCUT2D eigenvalue weighted by atomic mass is 10.5. The van der Waals surface area contributed by atoms with E-state index in [-0.39, 0.29) is 0 Å². The van der Waals surface area contributed by atoms with Crippen molar-refractivity contribution in [2.75, 3.05) is 0 Å². The first kappa shape index (κ1) is 7.10. The molecule has 1 heterocycles. The Morgan fingerprint density at radius 1 is 1.45 bits per heavy atom. The fraction of sp³-hybridized carbons (Fsp3) is 0.375. The number of halogens is 1. The quantitative estimate of drug-likeness (QED) is 0.705. The summed E-state index contributed by atoms with van der Waals surface area (Å²) in [5.41, 5.74) is 0. The van der Waals surface area contributed by atoms with Gasteiger partial charge in [0.2, 0.25) is 5.88 Å². The number of aromatic nitrogens is 1. The summed E-state index contributed by atoms with van der Waals surface area (Å²) in [5.74, 6) is 0.724. The van der Waals surface area contributed by atoms with Crippen molar-refractivity contribution in [1.82, 2.24) is 4.98 Å². The molecule has 2 rings (SSSR count). The maximum absolute atomic E-state index is 5.46. The molecule has 0 atom stereocenters. The monoisotopic (exact) mass is 213 g/mol. The number of hydrogen-bond donors (Lipinski definition) is 0. The van der Waals surface area contributed by atoms with Crippen molar-refractivity contribution < 1.29 is 4.74 Å². The van der Waals surface area contributed by atoms with Gasteiger partial charge in [-0.15, -0.1) is 0 Å². The third kappa shape index (κ3) is 1.93. The molecule has 3 heteroatoms. The highest BCUT2D eigenvalue weighted by molar-refractivity contribution is 9.10. The van der Waals surface area contributed by atoms with Gasteiger partial charge < -0.3 is 4.74 Å². The molecule has 1 aliphatic carbocycles. The van der Waals surface area contributed by atoms with Crippen molar-refractivity contribution in [2.45, 2.75) is 18.9 Å². The summed E-state index contributed by atoms with van der Waals surface area (Å²) in [4.78, 5) is 4.15. The number of nitrogens with zero attached hydrogens (tertiary/aromatic N) is 1. The van der Waals surface area contributed by atoms with Gasteiger partial charge in [0, 0.05) is 6.07 Å². The van der Waals surface area contributed by atoms with Crippen molar-refractivity contribution in [3.05, 3.63) is 22.8 Å². The van der Waals surface area contributed by atoms with Gasteiger partial charge in [-0.25, -0.2) is 4.98 Å². The van der Waals surface area contributed by atoms with E-state index in [9.17, 15) is 0 Å². The molecule has 1 aromatic rings. The summed E-state index contributed by atoms with van der Waals surface area (Å²) in [7, 11) is 0. The van der Waals surface area contributed by atoms with Crippen LogP contribution in [0.5, 0.6) is 5.88 Å². The van der Waals surface area contributed by atoms with Crippen LogP contribution in [0.15, 0.2) is 22.8 Å². The summed E-state index contributed by atoms with van der Waals surface area (Å²) >= 11 is 3.28. The van der Waals surface area contributed by atoms with Crippen LogP contribution in [-0.2, 0) is 0 Å². The Kier molecular flexibility index (Phi) is 1.82. The number of ether oxygens (including phenoxy) is 1. The molecular weight excluding hydrogens is 206 g/mol. The van der Waals surface area contributed by atoms with E-state index in [2.05, 4.69) is 20.9 Å². The molecule has 0 spiro atoms.